The van der Waals surface area contributed by atoms with Crippen LogP contribution in [-0.2, 0) is 4.43 Å². The molecule has 2 atom stereocenters. The molecule has 134 valence electrons. The minimum atomic E-state index is -2.38. The first kappa shape index (κ1) is 18.4. The Bertz CT molecular complexity index is 626. The van der Waals surface area contributed by atoms with Crippen LogP contribution >= 0.6 is 0 Å². The molecular formula is C22H31NOSi. The van der Waals surface area contributed by atoms with Crippen LogP contribution in [0.25, 0.3) is 0 Å². The van der Waals surface area contributed by atoms with Gasteiger partial charge in [-0.15, -0.1) is 0 Å². The maximum atomic E-state index is 6.97. The largest absolute Gasteiger partial charge is 0.406 e. The predicted octanol–water partition coefficient (Wildman–Crippen LogP) is 3.56. The van der Waals surface area contributed by atoms with Gasteiger partial charge in [0.15, 0.2) is 0 Å². The topological polar surface area (TPSA) is 21.3 Å². The monoisotopic (exact) mass is 353 g/mol. The van der Waals surface area contributed by atoms with E-state index in [0.29, 0.717) is 6.04 Å². The van der Waals surface area contributed by atoms with Crippen molar-refractivity contribution in [1.29, 1.82) is 0 Å². The number of hydrogen-bond acceptors (Lipinski definition) is 2. The molecule has 0 aliphatic carbocycles. The van der Waals surface area contributed by atoms with Crippen molar-refractivity contribution >= 4 is 18.7 Å². The normalized spacial score (nSPS) is 21.4. The van der Waals surface area contributed by atoms with Crippen LogP contribution in [0.5, 0.6) is 0 Å². The molecule has 0 unspecified atom stereocenters. The second-order valence-corrected chi connectivity index (χ2v) is 12.7. The van der Waals surface area contributed by atoms with E-state index >= 15 is 0 Å². The lowest BCUT2D eigenvalue weighted by molar-refractivity contribution is 0.259. The molecule has 0 radical (unpaired) electrons. The minimum absolute atomic E-state index is 0.0555. The molecule has 0 spiro atoms. The molecule has 2 aromatic carbocycles. The van der Waals surface area contributed by atoms with Gasteiger partial charge in [0.2, 0.25) is 0 Å². The Labute approximate surface area is 153 Å². The summed E-state index contributed by atoms with van der Waals surface area (Å²) in [6.45, 7) is 11.2. The third kappa shape index (κ3) is 3.74. The molecule has 3 rings (SSSR count). The number of benzene rings is 2. The Kier molecular flexibility index (Phi) is 5.47. The van der Waals surface area contributed by atoms with Crippen LogP contribution in [0.3, 0.4) is 0 Å². The molecule has 0 saturated carbocycles. The SMILES string of the molecule is C[C@H]1CN[C@H](CO[Si](c2ccccc2)(c2ccccc2)C(C)(C)C)C1. The summed E-state index contributed by atoms with van der Waals surface area (Å²) in [5, 5.41) is 6.41. The van der Waals surface area contributed by atoms with Crippen molar-refractivity contribution in [2.45, 2.75) is 45.2 Å². The van der Waals surface area contributed by atoms with Crippen LogP contribution in [0, 0.1) is 5.92 Å². The lowest BCUT2D eigenvalue weighted by Gasteiger charge is -2.43. The highest BCUT2D eigenvalue weighted by Crippen LogP contribution is 2.37. The smallest absolute Gasteiger partial charge is 0.261 e. The summed E-state index contributed by atoms with van der Waals surface area (Å²) in [7, 11) is -2.38. The average Bonchev–Trinajstić information content (AvgIpc) is 3.02. The summed E-state index contributed by atoms with van der Waals surface area (Å²) in [4.78, 5) is 0. The fraction of sp³-hybridized carbons (Fsp3) is 0.455. The van der Waals surface area contributed by atoms with E-state index in [1.54, 1.807) is 0 Å². The Balaban J connectivity index is 2.02. The molecule has 1 aliphatic rings. The van der Waals surface area contributed by atoms with Crippen molar-refractivity contribution in [1.82, 2.24) is 5.32 Å². The standard InChI is InChI=1S/C22H31NOSi/c1-18-15-19(23-16-18)17-24-25(22(2,3)4,20-11-7-5-8-12-20)21-13-9-6-10-14-21/h5-14,18-19,23H,15-17H2,1-4H3/t18-,19+/m1/s1. The Morgan fingerprint density at radius 2 is 1.48 bits per heavy atom. The molecule has 0 aromatic heterocycles. The summed E-state index contributed by atoms with van der Waals surface area (Å²) in [5.41, 5.74) is 0. The van der Waals surface area contributed by atoms with E-state index in [9.17, 15) is 0 Å². The third-order valence-electron chi connectivity index (χ3n) is 5.36. The molecule has 3 heteroatoms. The first-order valence-corrected chi connectivity index (χ1v) is 11.3. The molecule has 1 saturated heterocycles. The summed E-state index contributed by atoms with van der Waals surface area (Å²) in [5.74, 6) is 0.743. The fourth-order valence-corrected chi connectivity index (χ4v) is 8.74. The quantitative estimate of drug-likeness (QED) is 0.830. The van der Waals surface area contributed by atoms with E-state index in [2.05, 4.69) is 93.7 Å². The van der Waals surface area contributed by atoms with Gasteiger partial charge in [-0.1, -0.05) is 88.4 Å². The second-order valence-electron chi connectivity index (χ2n) is 8.42. The van der Waals surface area contributed by atoms with E-state index in [1.165, 1.54) is 16.8 Å². The molecular weight excluding hydrogens is 322 g/mol. The highest BCUT2D eigenvalue weighted by atomic mass is 28.4. The number of rotatable bonds is 5. The van der Waals surface area contributed by atoms with Crippen molar-refractivity contribution in [2.75, 3.05) is 13.2 Å². The van der Waals surface area contributed by atoms with Crippen molar-refractivity contribution in [3.8, 4) is 0 Å². The predicted molar refractivity (Wildman–Crippen MR) is 109 cm³/mol. The van der Waals surface area contributed by atoms with Crippen LogP contribution < -0.4 is 15.7 Å². The first-order valence-electron chi connectivity index (χ1n) is 9.42. The average molecular weight is 354 g/mol. The third-order valence-corrected chi connectivity index (χ3v) is 10.4. The van der Waals surface area contributed by atoms with Crippen LogP contribution in [-0.4, -0.2) is 27.5 Å². The maximum absolute atomic E-state index is 6.97. The summed E-state index contributed by atoms with van der Waals surface area (Å²) in [6.07, 6.45) is 1.21. The van der Waals surface area contributed by atoms with Crippen LogP contribution in [0.15, 0.2) is 60.7 Å². The highest BCUT2D eigenvalue weighted by molar-refractivity contribution is 6.99. The summed E-state index contributed by atoms with van der Waals surface area (Å²) < 4.78 is 6.97. The van der Waals surface area contributed by atoms with Crippen molar-refractivity contribution in [3.05, 3.63) is 60.7 Å². The first-order chi connectivity index (χ1) is 11.9. The van der Waals surface area contributed by atoms with Gasteiger partial charge in [-0.05, 0) is 34.3 Å². The van der Waals surface area contributed by atoms with Gasteiger partial charge in [0.1, 0.15) is 0 Å². The van der Waals surface area contributed by atoms with Gasteiger partial charge in [0, 0.05) is 6.04 Å². The molecule has 1 fully saturated rings. The van der Waals surface area contributed by atoms with Gasteiger partial charge in [0.05, 0.1) is 6.61 Å². The molecule has 2 aromatic rings. The van der Waals surface area contributed by atoms with Gasteiger partial charge in [-0.2, -0.15) is 0 Å². The van der Waals surface area contributed by atoms with E-state index < -0.39 is 8.32 Å². The molecule has 1 N–H and O–H groups in total. The minimum Gasteiger partial charge on any atom is -0.406 e. The maximum Gasteiger partial charge on any atom is 0.261 e. The molecule has 1 aliphatic heterocycles. The van der Waals surface area contributed by atoms with Crippen LogP contribution in [0.2, 0.25) is 5.04 Å². The zero-order chi connectivity index (χ0) is 17.9. The molecule has 25 heavy (non-hydrogen) atoms. The summed E-state index contributed by atoms with van der Waals surface area (Å²) >= 11 is 0. The van der Waals surface area contributed by atoms with Crippen LogP contribution in [0.1, 0.15) is 34.1 Å². The Morgan fingerprint density at radius 1 is 0.960 bits per heavy atom. The van der Waals surface area contributed by atoms with Crippen molar-refractivity contribution in [2.24, 2.45) is 5.92 Å². The van der Waals surface area contributed by atoms with Gasteiger partial charge in [0.25, 0.3) is 8.32 Å². The molecule has 0 amide bonds. The van der Waals surface area contributed by atoms with E-state index in [-0.39, 0.29) is 5.04 Å². The van der Waals surface area contributed by atoms with Gasteiger partial charge in [-0.3, -0.25) is 0 Å². The van der Waals surface area contributed by atoms with E-state index in [4.69, 9.17) is 4.43 Å². The fourth-order valence-electron chi connectivity index (χ4n) is 4.13. The van der Waals surface area contributed by atoms with E-state index in [0.717, 1.165) is 19.1 Å². The molecule has 0 bridgehead atoms. The zero-order valence-electron chi connectivity index (χ0n) is 16.0. The lowest BCUT2D eigenvalue weighted by atomic mass is 10.1. The zero-order valence-corrected chi connectivity index (χ0v) is 17.0. The lowest BCUT2D eigenvalue weighted by Crippen LogP contribution is -2.67. The van der Waals surface area contributed by atoms with Crippen molar-refractivity contribution in [3.63, 3.8) is 0 Å². The Hall–Kier alpha value is -1.42. The van der Waals surface area contributed by atoms with Crippen LogP contribution in [0.4, 0.5) is 0 Å². The Morgan fingerprint density at radius 3 is 1.88 bits per heavy atom. The summed E-state index contributed by atoms with van der Waals surface area (Å²) in [6, 6.07) is 22.3. The van der Waals surface area contributed by atoms with Crippen molar-refractivity contribution < 1.29 is 4.43 Å². The van der Waals surface area contributed by atoms with E-state index in [1.807, 2.05) is 0 Å². The number of hydrogen-bond donors (Lipinski definition) is 1. The molecule has 1 heterocycles. The van der Waals surface area contributed by atoms with Gasteiger partial charge < -0.3 is 9.74 Å². The second kappa shape index (κ2) is 7.44. The number of nitrogens with one attached hydrogen (secondary N) is 1. The molecule has 2 nitrogen and oxygen atoms in total. The van der Waals surface area contributed by atoms with Gasteiger partial charge >= 0.3 is 0 Å². The highest BCUT2D eigenvalue weighted by Gasteiger charge is 2.50. The van der Waals surface area contributed by atoms with Gasteiger partial charge in [-0.25, -0.2) is 0 Å².